The van der Waals surface area contributed by atoms with Crippen molar-refractivity contribution in [1.82, 2.24) is 10.3 Å². The monoisotopic (exact) mass is 316 g/mol. The number of thiazole rings is 1. The first-order valence-electron chi connectivity index (χ1n) is 5.07. The fourth-order valence-corrected chi connectivity index (χ4v) is 3.63. The minimum atomic E-state index is 0.302. The number of nitrogens with zero attached hydrogens (tertiary/aromatic N) is 1. The summed E-state index contributed by atoms with van der Waals surface area (Å²) in [5.74, 6) is 0. The maximum Gasteiger partial charge on any atom is 0.109 e. The number of thiophene rings is 1. The largest absolute Gasteiger partial charge is 0.301 e. The van der Waals surface area contributed by atoms with Gasteiger partial charge in [-0.05, 0) is 41.9 Å². The maximum atomic E-state index is 4.32. The van der Waals surface area contributed by atoms with Crippen LogP contribution in [0.2, 0.25) is 0 Å². The van der Waals surface area contributed by atoms with Crippen molar-refractivity contribution in [2.24, 2.45) is 0 Å². The highest BCUT2D eigenvalue weighted by Crippen LogP contribution is 2.28. The number of rotatable bonds is 4. The van der Waals surface area contributed by atoms with Crippen LogP contribution in [0.15, 0.2) is 27.5 Å². The SMILES string of the molecule is CC(NC(C)c1nccs1)c1ccc(Br)s1. The molecule has 2 nitrogen and oxygen atoms in total. The molecular weight excluding hydrogens is 304 g/mol. The summed E-state index contributed by atoms with van der Waals surface area (Å²) in [5, 5.41) is 6.70. The average Bonchev–Trinajstić information content (AvgIpc) is 2.87. The third-order valence-electron chi connectivity index (χ3n) is 2.34. The van der Waals surface area contributed by atoms with E-state index in [0.29, 0.717) is 12.1 Å². The summed E-state index contributed by atoms with van der Waals surface area (Å²) in [5.41, 5.74) is 0. The van der Waals surface area contributed by atoms with E-state index in [1.165, 1.54) is 8.66 Å². The molecule has 2 atom stereocenters. The van der Waals surface area contributed by atoms with Crippen LogP contribution in [0.1, 0.15) is 35.8 Å². The van der Waals surface area contributed by atoms with E-state index in [0.717, 1.165) is 5.01 Å². The molecule has 0 saturated heterocycles. The lowest BCUT2D eigenvalue weighted by Crippen LogP contribution is -2.21. The summed E-state index contributed by atoms with van der Waals surface area (Å²) in [6.07, 6.45) is 1.85. The van der Waals surface area contributed by atoms with E-state index in [4.69, 9.17) is 0 Å². The van der Waals surface area contributed by atoms with E-state index in [1.54, 1.807) is 22.7 Å². The van der Waals surface area contributed by atoms with Gasteiger partial charge in [-0.25, -0.2) is 4.98 Å². The predicted octanol–water partition coefficient (Wildman–Crippen LogP) is 4.38. The molecule has 0 radical (unpaired) electrons. The highest BCUT2D eigenvalue weighted by Gasteiger charge is 2.13. The van der Waals surface area contributed by atoms with Gasteiger partial charge in [0.05, 0.1) is 9.83 Å². The number of aromatic nitrogens is 1. The summed E-state index contributed by atoms with van der Waals surface area (Å²) in [7, 11) is 0. The Kier molecular flexibility index (Phi) is 4.13. The van der Waals surface area contributed by atoms with Gasteiger partial charge in [0.15, 0.2) is 0 Å². The quantitative estimate of drug-likeness (QED) is 0.905. The van der Waals surface area contributed by atoms with E-state index in [9.17, 15) is 0 Å². The number of nitrogens with one attached hydrogen (secondary N) is 1. The molecule has 1 N–H and O–H groups in total. The average molecular weight is 317 g/mol. The van der Waals surface area contributed by atoms with Gasteiger partial charge >= 0.3 is 0 Å². The smallest absolute Gasteiger partial charge is 0.109 e. The molecule has 2 heterocycles. The van der Waals surface area contributed by atoms with Gasteiger partial charge in [0, 0.05) is 22.5 Å². The Bertz CT molecular complexity index is 439. The van der Waals surface area contributed by atoms with E-state index >= 15 is 0 Å². The number of hydrogen-bond acceptors (Lipinski definition) is 4. The lowest BCUT2D eigenvalue weighted by atomic mass is 10.2. The Morgan fingerprint density at radius 2 is 2.12 bits per heavy atom. The minimum Gasteiger partial charge on any atom is -0.301 e. The van der Waals surface area contributed by atoms with Crippen molar-refractivity contribution in [3.05, 3.63) is 37.4 Å². The second-order valence-corrected chi connectivity index (χ2v) is 7.04. The van der Waals surface area contributed by atoms with E-state index < -0.39 is 0 Å². The van der Waals surface area contributed by atoms with E-state index in [2.05, 4.69) is 52.2 Å². The molecule has 0 aliphatic heterocycles. The summed E-state index contributed by atoms with van der Waals surface area (Å²) >= 11 is 6.95. The van der Waals surface area contributed by atoms with Crippen molar-refractivity contribution >= 4 is 38.6 Å². The van der Waals surface area contributed by atoms with Crippen LogP contribution in [0.5, 0.6) is 0 Å². The van der Waals surface area contributed by atoms with Crippen LogP contribution >= 0.6 is 38.6 Å². The van der Waals surface area contributed by atoms with Crippen molar-refractivity contribution in [3.8, 4) is 0 Å². The van der Waals surface area contributed by atoms with Gasteiger partial charge in [-0.3, -0.25) is 0 Å². The molecule has 5 heteroatoms. The van der Waals surface area contributed by atoms with Gasteiger partial charge < -0.3 is 5.32 Å². The molecule has 0 bridgehead atoms. The van der Waals surface area contributed by atoms with Crippen LogP contribution in [-0.4, -0.2) is 4.98 Å². The number of halogens is 1. The van der Waals surface area contributed by atoms with Crippen molar-refractivity contribution in [3.63, 3.8) is 0 Å². The first-order chi connectivity index (χ1) is 7.66. The molecule has 0 saturated carbocycles. The van der Waals surface area contributed by atoms with Crippen molar-refractivity contribution in [2.45, 2.75) is 25.9 Å². The lowest BCUT2D eigenvalue weighted by Gasteiger charge is -2.17. The topological polar surface area (TPSA) is 24.9 Å². The fraction of sp³-hybridized carbons (Fsp3) is 0.364. The third kappa shape index (κ3) is 2.91. The van der Waals surface area contributed by atoms with Crippen LogP contribution < -0.4 is 5.32 Å². The van der Waals surface area contributed by atoms with E-state index in [-0.39, 0.29) is 0 Å². The first kappa shape index (κ1) is 12.2. The van der Waals surface area contributed by atoms with Gasteiger partial charge in [-0.15, -0.1) is 22.7 Å². The van der Waals surface area contributed by atoms with Crippen LogP contribution in [-0.2, 0) is 0 Å². The zero-order chi connectivity index (χ0) is 11.5. The number of hydrogen-bond donors (Lipinski definition) is 1. The zero-order valence-corrected chi connectivity index (χ0v) is 12.3. The normalized spacial score (nSPS) is 14.9. The molecule has 0 aromatic carbocycles. The minimum absolute atomic E-state index is 0.302. The molecule has 0 spiro atoms. The predicted molar refractivity (Wildman–Crippen MR) is 74.1 cm³/mol. The van der Waals surface area contributed by atoms with Crippen molar-refractivity contribution < 1.29 is 0 Å². The molecule has 0 amide bonds. The molecule has 0 aliphatic rings. The summed E-state index contributed by atoms with van der Waals surface area (Å²) in [6.45, 7) is 4.33. The van der Waals surface area contributed by atoms with Crippen LogP contribution in [0.4, 0.5) is 0 Å². The Morgan fingerprint density at radius 3 is 2.69 bits per heavy atom. The molecule has 2 unspecified atom stereocenters. The third-order valence-corrected chi connectivity index (χ3v) is 5.11. The van der Waals surface area contributed by atoms with Crippen LogP contribution in [0.25, 0.3) is 0 Å². The molecule has 0 fully saturated rings. The summed E-state index contributed by atoms with van der Waals surface area (Å²) in [4.78, 5) is 5.66. The standard InChI is InChI=1S/C11H13BrN2S2/c1-7(9-3-4-10(12)16-9)14-8(2)11-13-5-6-15-11/h3-8,14H,1-2H3. The van der Waals surface area contributed by atoms with Crippen molar-refractivity contribution in [1.29, 1.82) is 0 Å². The second-order valence-electron chi connectivity index (χ2n) is 3.62. The zero-order valence-electron chi connectivity index (χ0n) is 9.11. The molecule has 0 aliphatic carbocycles. The Balaban J connectivity index is 2.00. The molecule has 16 heavy (non-hydrogen) atoms. The van der Waals surface area contributed by atoms with Crippen LogP contribution in [0, 0.1) is 0 Å². The van der Waals surface area contributed by atoms with Crippen LogP contribution in [0.3, 0.4) is 0 Å². The molecular formula is C11H13BrN2S2. The molecule has 2 aromatic heterocycles. The highest BCUT2D eigenvalue weighted by molar-refractivity contribution is 9.11. The van der Waals surface area contributed by atoms with Crippen molar-refractivity contribution in [2.75, 3.05) is 0 Å². The lowest BCUT2D eigenvalue weighted by molar-refractivity contribution is 0.498. The molecule has 2 aromatic rings. The Morgan fingerprint density at radius 1 is 1.31 bits per heavy atom. The summed E-state index contributed by atoms with van der Waals surface area (Å²) < 4.78 is 1.18. The van der Waals surface area contributed by atoms with Gasteiger partial charge in [-0.2, -0.15) is 0 Å². The summed E-state index contributed by atoms with van der Waals surface area (Å²) in [6, 6.07) is 4.90. The second kappa shape index (κ2) is 5.40. The van der Waals surface area contributed by atoms with Gasteiger partial charge in [0.1, 0.15) is 5.01 Å². The Hall–Kier alpha value is -0.230. The highest BCUT2D eigenvalue weighted by atomic mass is 79.9. The molecule has 2 rings (SSSR count). The molecule has 86 valence electrons. The fourth-order valence-electron chi connectivity index (χ4n) is 1.54. The Labute approximate surface area is 112 Å². The van der Waals surface area contributed by atoms with Gasteiger partial charge in [-0.1, -0.05) is 0 Å². The van der Waals surface area contributed by atoms with Gasteiger partial charge in [0.25, 0.3) is 0 Å². The van der Waals surface area contributed by atoms with Gasteiger partial charge in [0.2, 0.25) is 0 Å². The van der Waals surface area contributed by atoms with E-state index in [1.807, 2.05) is 11.6 Å². The maximum absolute atomic E-state index is 4.32. The first-order valence-corrected chi connectivity index (χ1v) is 7.56.